The maximum Gasteiger partial charge on any atom is 0.124 e. The van der Waals surface area contributed by atoms with Crippen LogP contribution in [-0.4, -0.2) is 4.98 Å². The quantitative estimate of drug-likeness (QED) is 0.184. The molecule has 0 N–H and O–H groups in total. The first-order valence-corrected chi connectivity index (χ1v) is 17.5. The van der Waals surface area contributed by atoms with Gasteiger partial charge < -0.3 is 0 Å². The molecule has 0 atom stereocenters. The van der Waals surface area contributed by atoms with E-state index in [4.69, 9.17) is 4.98 Å². The van der Waals surface area contributed by atoms with E-state index in [-0.39, 0.29) is 0 Å². The number of hydrogen-bond acceptors (Lipinski definition) is 4. The van der Waals surface area contributed by atoms with E-state index in [1.165, 1.54) is 4.70 Å². The summed E-state index contributed by atoms with van der Waals surface area (Å²) in [6.45, 7) is 0. The molecule has 0 aliphatic heterocycles. The molecule has 1 heterocycles. The molecule has 1 aromatic heterocycles. The van der Waals surface area contributed by atoms with Crippen molar-refractivity contribution in [1.82, 2.24) is 4.98 Å². The highest BCUT2D eigenvalue weighted by Gasteiger charge is 2.12. The van der Waals surface area contributed by atoms with Crippen LogP contribution < -0.4 is 0 Å². The van der Waals surface area contributed by atoms with Gasteiger partial charge in [0.15, 0.2) is 0 Å². The van der Waals surface area contributed by atoms with Crippen LogP contribution in [0.15, 0.2) is 164 Å². The molecule has 0 amide bonds. The van der Waals surface area contributed by atoms with Crippen LogP contribution in [0.4, 0.5) is 0 Å². The van der Waals surface area contributed by atoms with Gasteiger partial charge in [0.2, 0.25) is 0 Å². The van der Waals surface area contributed by atoms with Crippen molar-refractivity contribution in [1.29, 1.82) is 10.5 Å². The van der Waals surface area contributed by atoms with Crippen LogP contribution in [-0.2, 0) is 0 Å². The summed E-state index contributed by atoms with van der Waals surface area (Å²) >= 11 is 1.72. The maximum absolute atomic E-state index is 9.28. The number of benzene rings is 8. The number of para-hydroxylation sites is 1. The molecule has 0 radical (unpaired) electrons. The highest BCUT2D eigenvalue weighted by atomic mass is 32.1. The minimum Gasteiger partial charge on any atom is -0.236 e. The predicted octanol–water partition coefficient (Wildman–Crippen LogP) is 12.7. The summed E-state index contributed by atoms with van der Waals surface area (Å²) in [6, 6.07) is 61.5. The number of aromatic nitrogens is 1. The van der Waals surface area contributed by atoms with Gasteiger partial charge in [-0.05, 0) is 133 Å². The number of nitrogens with zero attached hydrogens (tertiary/aromatic N) is 3. The van der Waals surface area contributed by atoms with Crippen molar-refractivity contribution in [3.05, 3.63) is 175 Å². The number of hydrogen-bond donors (Lipinski definition) is 0. The number of fused-ring (bicyclic) bond motifs is 3. The fourth-order valence-corrected chi connectivity index (χ4v) is 7.73. The summed E-state index contributed by atoms with van der Waals surface area (Å²) in [5.41, 5.74) is 12.5. The van der Waals surface area contributed by atoms with Crippen LogP contribution in [0, 0.1) is 22.7 Å². The van der Waals surface area contributed by atoms with Crippen LogP contribution in [0.5, 0.6) is 0 Å². The Hall–Kier alpha value is -6.85. The second-order valence-electron chi connectivity index (χ2n) is 12.7. The van der Waals surface area contributed by atoms with Crippen molar-refractivity contribution in [2.24, 2.45) is 0 Å². The van der Waals surface area contributed by atoms with Crippen LogP contribution in [0.2, 0.25) is 0 Å². The number of nitriles is 2. The Labute approximate surface area is 299 Å². The molecule has 0 spiro atoms. The molecule has 236 valence electrons. The average molecular weight is 666 g/mol. The van der Waals surface area contributed by atoms with Gasteiger partial charge in [-0.3, -0.25) is 0 Å². The Morgan fingerprint density at radius 1 is 0.373 bits per heavy atom. The third kappa shape index (κ3) is 5.81. The summed E-state index contributed by atoms with van der Waals surface area (Å²) in [4.78, 5) is 5.01. The highest BCUT2D eigenvalue weighted by Crippen LogP contribution is 2.38. The first kappa shape index (κ1) is 30.2. The van der Waals surface area contributed by atoms with E-state index < -0.39 is 0 Å². The van der Waals surface area contributed by atoms with Crippen LogP contribution >= 0.6 is 11.3 Å². The molecule has 0 bridgehead atoms. The lowest BCUT2D eigenvalue weighted by Crippen LogP contribution is -1.87. The van der Waals surface area contributed by atoms with Crippen molar-refractivity contribution in [2.45, 2.75) is 0 Å². The summed E-state index contributed by atoms with van der Waals surface area (Å²) in [6.07, 6.45) is 0. The van der Waals surface area contributed by atoms with Gasteiger partial charge in [0.1, 0.15) is 5.01 Å². The largest absolute Gasteiger partial charge is 0.236 e. The lowest BCUT2D eigenvalue weighted by molar-refractivity contribution is 1.47. The van der Waals surface area contributed by atoms with Gasteiger partial charge in [0.25, 0.3) is 0 Å². The molecule has 0 fully saturated rings. The van der Waals surface area contributed by atoms with Crippen LogP contribution in [0.1, 0.15) is 11.1 Å². The lowest BCUT2D eigenvalue weighted by Gasteiger charge is -2.12. The molecule has 9 rings (SSSR count). The molecule has 4 heteroatoms. The van der Waals surface area contributed by atoms with Gasteiger partial charge in [0.05, 0.1) is 33.5 Å². The Bertz CT molecular complexity index is 2680. The number of thiazole rings is 1. The van der Waals surface area contributed by atoms with Crippen molar-refractivity contribution >= 4 is 43.1 Å². The molecule has 0 saturated heterocycles. The molecule has 0 aliphatic carbocycles. The molecule has 51 heavy (non-hydrogen) atoms. The Morgan fingerprint density at radius 2 is 0.784 bits per heavy atom. The maximum atomic E-state index is 9.28. The zero-order chi connectivity index (χ0) is 34.3. The van der Waals surface area contributed by atoms with Gasteiger partial charge in [-0.25, -0.2) is 4.98 Å². The summed E-state index contributed by atoms with van der Waals surface area (Å²) in [7, 11) is 0. The second-order valence-corrected chi connectivity index (χ2v) is 13.7. The topological polar surface area (TPSA) is 60.5 Å². The van der Waals surface area contributed by atoms with Gasteiger partial charge in [-0.2, -0.15) is 10.5 Å². The van der Waals surface area contributed by atoms with Gasteiger partial charge in [-0.1, -0.05) is 97.1 Å². The van der Waals surface area contributed by atoms with E-state index in [0.717, 1.165) is 82.1 Å². The SMILES string of the molecule is N#Cc1ccc2cc(-c3ccc(-c4cc(-c5ccc(-c6ccc7cc(C#N)ccc7c6)cc5)cc(-c5nc6ccccc6s5)c4)cc3)ccc2c1. The van der Waals surface area contributed by atoms with E-state index in [1.807, 2.05) is 42.5 Å². The van der Waals surface area contributed by atoms with Gasteiger partial charge in [-0.15, -0.1) is 11.3 Å². The van der Waals surface area contributed by atoms with Crippen molar-refractivity contribution in [2.75, 3.05) is 0 Å². The second kappa shape index (κ2) is 12.6. The van der Waals surface area contributed by atoms with Crippen molar-refractivity contribution < 1.29 is 0 Å². The molecular weight excluding hydrogens is 639 g/mol. The standard InChI is InChI=1S/C47H27N3S/c48-28-30-5-7-40-23-38(19-17-36(40)21-30)32-9-13-34(14-10-32)42-25-43(27-44(26-42)47-50-45-3-1-2-4-46(45)51-47)35-15-11-33(12-16-35)39-20-18-37-22-31(29-49)6-8-41(37)24-39/h1-27H. The predicted molar refractivity (Wildman–Crippen MR) is 211 cm³/mol. The highest BCUT2D eigenvalue weighted by molar-refractivity contribution is 7.21. The monoisotopic (exact) mass is 665 g/mol. The van der Waals surface area contributed by atoms with Crippen molar-refractivity contribution in [3.63, 3.8) is 0 Å². The zero-order valence-electron chi connectivity index (χ0n) is 27.3. The third-order valence-electron chi connectivity index (χ3n) is 9.52. The average Bonchev–Trinajstić information content (AvgIpc) is 3.65. The summed E-state index contributed by atoms with van der Waals surface area (Å²) in [5, 5.41) is 23.9. The Kier molecular flexibility index (Phi) is 7.44. The third-order valence-corrected chi connectivity index (χ3v) is 10.6. The van der Waals surface area contributed by atoms with Crippen molar-refractivity contribution in [3.8, 4) is 67.2 Å². The fourth-order valence-electron chi connectivity index (χ4n) is 6.78. The Morgan fingerprint density at radius 3 is 1.27 bits per heavy atom. The van der Waals surface area contributed by atoms with Gasteiger partial charge >= 0.3 is 0 Å². The first-order valence-electron chi connectivity index (χ1n) is 16.7. The minimum atomic E-state index is 0.671. The zero-order valence-corrected chi connectivity index (χ0v) is 28.2. The minimum absolute atomic E-state index is 0.671. The van der Waals surface area contributed by atoms with Gasteiger partial charge in [0, 0.05) is 5.56 Å². The Balaban J connectivity index is 1.08. The molecular formula is C47H27N3S. The van der Waals surface area contributed by atoms with E-state index in [0.29, 0.717) is 11.1 Å². The van der Waals surface area contributed by atoms with E-state index in [2.05, 4.69) is 133 Å². The molecule has 0 aliphatic rings. The molecule has 0 unspecified atom stereocenters. The molecule has 0 saturated carbocycles. The van der Waals surface area contributed by atoms with E-state index >= 15 is 0 Å². The van der Waals surface area contributed by atoms with Crippen LogP contribution in [0.3, 0.4) is 0 Å². The molecule has 3 nitrogen and oxygen atoms in total. The van der Waals surface area contributed by atoms with Crippen LogP contribution in [0.25, 0.3) is 86.8 Å². The van der Waals surface area contributed by atoms with E-state index in [9.17, 15) is 10.5 Å². The normalized spacial score (nSPS) is 11.1. The lowest BCUT2D eigenvalue weighted by atomic mass is 9.93. The van der Waals surface area contributed by atoms with E-state index in [1.54, 1.807) is 11.3 Å². The first-order chi connectivity index (χ1) is 25.1. The fraction of sp³-hybridized carbons (Fsp3) is 0. The smallest absolute Gasteiger partial charge is 0.124 e. The summed E-state index contributed by atoms with van der Waals surface area (Å²) in [5.74, 6) is 0. The molecule has 8 aromatic carbocycles. The molecule has 9 aromatic rings. The number of rotatable bonds is 5. The summed E-state index contributed by atoms with van der Waals surface area (Å²) < 4.78 is 1.17.